The van der Waals surface area contributed by atoms with Crippen molar-refractivity contribution in [1.82, 2.24) is 13.7 Å². The molecule has 0 atom stereocenters. The summed E-state index contributed by atoms with van der Waals surface area (Å²) in [5.74, 6) is 0. The van der Waals surface area contributed by atoms with Crippen LogP contribution in [0.25, 0.3) is 82.5 Å². The largest absolute Gasteiger partial charge is 0.311 e. The zero-order chi connectivity index (χ0) is 46.2. The van der Waals surface area contributed by atoms with Crippen molar-refractivity contribution in [3.63, 3.8) is 0 Å². The summed E-state index contributed by atoms with van der Waals surface area (Å²) in [6.45, 7) is -0.751. The molecule has 5 heterocycles. The molecule has 2 aliphatic rings. The average Bonchev–Trinajstić information content (AvgIpc) is 4.00. The van der Waals surface area contributed by atoms with Crippen LogP contribution >= 0.6 is 0 Å². The van der Waals surface area contributed by atoms with E-state index in [-0.39, 0.29) is 28.9 Å². The number of anilines is 3. The molecular formula is C54H33BN4. The van der Waals surface area contributed by atoms with Crippen LogP contribution in [0.2, 0.25) is 0 Å². The molecule has 272 valence electrons. The highest BCUT2D eigenvalue weighted by atomic mass is 15.2. The molecule has 0 N–H and O–H groups in total. The minimum Gasteiger partial charge on any atom is -0.311 e. The first-order chi connectivity index (χ1) is 33.0. The first-order valence-electron chi connectivity index (χ1n) is 24.2. The van der Waals surface area contributed by atoms with Gasteiger partial charge in [0, 0.05) is 66.3 Å². The summed E-state index contributed by atoms with van der Waals surface area (Å²) < 4.78 is 89.5. The molecule has 0 saturated heterocycles. The number of nitrogens with zero attached hydrogens (tertiary/aromatic N) is 4. The number of hydrogen-bond donors (Lipinski definition) is 0. The molecule has 14 rings (SSSR count). The lowest BCUT2D eigenvalue weighted by Crippen LogP contribution is -2.60. The van der Waals surface area contributed by atoms with Crippen molar-refractivity contribution in [2.24, 2.45) is 0 Å². The predicted octanol–water partition coefficient (Wildman–Crippen LogP) is 11.6. The fraction of sp³-hybridized carbons (Fsp3) is 0. The van der Waals surface area contributed by atoms with E-state index in [1.807, 2.05) is 60.7 Å². The first kappa shape index (κ1) is 24.1. The van der Waals surface area contributed by atoms with Crippen LogP contribution in [0.15, 0.2) is 200 Å². The van der Waals surface area contributed by atoms with Gasteiger partial charge >= 0.3 is 0 Å². The lowest BCUT2D eigenvalue weighted by atomic mass is 9.34. The molecule has 5 heteroatoms. The number of fused-ring (bicyclic) bond motifs is 13. The summed E-state index contributed by atoms with van der Waals surface area (Å²) in [6, 6.07) is 45.6. The first-order valence-corrected chi connectivity index (χ1v) is 19.7. The Kier molecular flexibility index (Phi) is 4.67. The van der Waals surface area contributed by atoms with Gasteiger partial charge < -0.3 is 18.6 Å². The van der Waals surface area contributed by atoms with Crippen LogP contribution in [0.4, 0.5) is 17.1 Å². The maximum absolute atomic E-state index is 9.71. The van der Waals surface area contributed by atoms with Crippen molar-refractivity contribution < 1.29 is 12.3 Å². The Morgan fingerprint density at radius 1 is 0.356 bits per heavy atom. The maximum Gasteiger partial charge on any atom is 0.252 e. The van der Waals surface area contributed by atoms with E-state index in [9.17, 15) is 5.48 Å². The van der Waals surface area contributed by atoms with E-state index in [2.05, 4.69) is 98.6 Å². The van der Waals surface area contributed by atoms with Crippen LogP contribution < -0.4 is 21.3 Å². The van der Waals surface area contributed by atoms with Crippen molar-refractivity contribution in [1.29, 1.82) is 0 Å². The van der Waals surface area contributed by atoms with Gasteiger partial charge in [0.15, 0.2) is 0 Å². The molecule has 0 bridgehead atoms. The van der Waals surface area contributed by atoms with Crippen LogP contribution in [-0.2, 0) is 0 Å². The van der Waals surface area contributed by atoms with Crippen molar-refractivity contribution in [3.05, 3.63) is 200 Å². The van der Waals surface area contributed by atoms with E-state index in [1.165, 1.54) is 4.90 Å². The van der Waals surface area contributed by atoms with E-state index in [1.54, 1.807) is 0 Å². The summed E-state index contributed by atoms with van der Waals surface area (Å²) in [7, 11) is 0. The van der Waals surface area contributed by atoms with Gasteiger partial charge in [0.25, 0.3) is 6.71 Å². The molecule has 0 spiro atoms. The van der Waals surface area contributed by atoms with Gasteiger partial charge in [-0.1, -0.05) is 127 Å². The van der Waals surface area contributed by atoms with Gasteiger partial charge in [0.2, 0.25) is 0 Å². The molecule has 0 aliphatic carbocycles. The zero-order valence-electron chi connectivity index (χ0n) is 40.2. The second-order valence-electron chi connectivity index (χ2n) is 15.4. The minimum absolute atomic E-state index is 0.0352. The quantitative estimate of drug-likeness (QED) is 0.164. The fourth-order valence-electron chi connectivity index (χ4n) is 10.4. The minimum atomic E-state index is -0.751. The van der Waals surface area contributed by atoms with E-state index >= 15 is 0 Å². The number of hydrogen-bond acceptors (Lipinski definition) is 1. The van der Waals surface area contributed by atoms with Crippen LogP contribution in [0.3, 0.4) is 0 Å². The maximum atomic E-state index is 9.71. The Balaban J connectivity index is 1.21. The van der Waals surface area contributed by atoms with Gasteiger partial charge in [-0.25, -0.2) is 0 Å². The van der Waals surface area contributed by atoms with Crippen LogP contribution in [-0.4, -0.2) is 20.4 Å². The molecule has 0 fully saturated rings. The molecule has 2 aliphatic heterocycles. The van der Waals surface area contributed by atoms with E-state index in [4.69, 9.17) is 6.85 Å². The van der Waals surface area contributed by atoms with Gasteiger partial charge in [0.05, 0.1) is 45.6 Å². The molecular weight excluding hydrogens is 715 g/mol. The van der Waals surface area contributed by atoms with Gasteiger partial charge in [-0.05, 0) is 89.1 Å². The van der Waals surface area contributed by atoms with Crippen molar-refractivity contribution in [3.8, 4) is 17.1 Å². The summed E-state index contributed by atoms with van der Waals surface area (Å²) in [5, 5.41) is 6.15. The smallest absolute Gasteiger partial charge is 0.252 e. The van der Waals surface area contributed by atoms with Crippen molar-refractivity contribution >= 4 is 106 Å². The lowest BCUT2D eigenvalue weighted by Gasteiger charge is -2.40. The molecule has 0 radical (unpaired) electrons. The van der Waals surface area contributed by atoms with Gasteiger partial charge in [-0.2, -0.15) is 0 Å². The number of benzene rings is 9. The zero-order valence-corrected chi connectivity index (χ0v) is 31.2. The third-order valence-electron chi connectivity index (χ3n) is 12.6. The van der Waals surface area contributed by atoms with Gasteiger partial charge in [0.1, 0.15) is 0 Å². The SMILES string of the molecule is [2H]c1c([2H])c([2H])c(N2c3cc(-n4c5ccccc5c5ccccc54)cc4c3B(c3c([2H])c([2H])c([2H])c([2H])c32)c2cccc3c5cc6c(cc5n-4c23)c2ccccc2n6-c2ccccc2)c([2H])c1[2H]. The lowest BCUT2D eigenvalue weighted by molar-refractivity contribution is 1.13. The average molecular weight is 758 g/mol. The Morgan fingerprint density at radius 2 is 0.915 bits per heavy atom. The molecule has 4 nitrogen and oxygen atoms in total. The topological polar surface area (TPSA) is 18.0 Å². The van der Waals surface area contributed by atoms with Crippen LogP contribution in [0.5, 0.6) is 0 Å². The Bertz CT molecular complexity index is 4210. The standard InChI is InChI=1S/C54H33BN4/c1-3-16-34(17-4-1)56-47-28-13-9-22-39(47)41-32-50-42(33-49(41)56)40-23-15-25-44-54(40)59(50)52-31-36(58-45-26-11-7-20-37(45)38-21-8-12-27-46(38)58)30-51-53(52)55(44)43-24-10-14-29-48(43)57(51)35-18-5-2-6-19-35/h1-33H/i2D,5D,6D,10D,14D,18D,19D,24D,29D. The van der Waals surface area contributed by atoms with Crippen molar-refractivity contribution in [2.45, 2.75) is 0 Å². The molecule has 0 amide bonds. The molecule has 12 aromatic rings. The second kappa shape index (κ2) is 11.4. The van der Waals surface area contributed by atoms with E-state index < -0.39 is 49.0 Å². The van der Waals surface area contributed by atoms with E-state index in [0.29, 0.717) is 16.8 Å². The third kappa shape index (κ3) is 4.04. The van der Waals surface area contributed by atoms with Crippen molar-refractivity contribution in [2.75, 3.05) is 4.90 Å². The molecule has 0 unspecified atom stereocenters. The summed E-state index contributed by atoms with van der Waals surface area (Å²) in [5.41, 5.74) is 10.3. The molecule has 0 saturated carbocycles. The summed E-state index contributed by atoms with van der Waals surface area (Å²) in [4.78, 5) is 1.52. The number of para-hydroxylation sites is 7. The second-order valence-corrected chi connectivity index (χ2v) is 15.4. The highest BCUT2D eigenvalue weighted by Gasteiger charge is 2.42. The van der Waals surface area contributed by atoms with Crippen LogP contribution in [0.1, 0.15) is 12.3 Å². The summed E-state index contributed by atoms with van der Waals surface area (Å²) >= 11 is 0. The monoisotopic (exact) mass is 757 g/mol. The van der Waals surface area contributed by atoms with Gasteiger partial charge in [-0.3, -0.25) is 0 Å². The fourth-order valence-corrected chi connectivity index (χ4v) is 10.4. The molecule has 59 heavy (non-hydrogen) atoms. The Labute approximate surface area is 352 Å². The predicted molar refractivity (Wildman–Crippen MR) is 249 cm³/mol. The van der Waals surface area contributed by atoms with E-state index in [0.717, 1.165) is 82.3 Å². The molecule has 9 aromatic carbocycles. The highest BCUT2D eigenvalue weighted by Crippen LogP contribution is 2.45. The molecule has 3 aromatic heterocycles. The summed E-state index contributed by atoms with van der Waals surface area (Å²) in [6.07, 6.45) is 0. The van der Waals surface area contributed by atoms with Crippen LogP contribution in [0, 0.1) is 0 Å². The highest BCUT2D eigenvalue weighted by molar-refractivity contribution is 7.00. The Hall–Kier alpha value is -7.76. The normalized spacial score (nSPS) is 15.2. The number of aromatic nitrogens is 3. The third-order valence-corrected chi connectivity index (χ3v) is 12.6. The Morgan fingerprint density at radius 3 is 1.64 bits per heavy atom. The number of rotatable bonds is 3. The van der Waals surface area contributed by atoms with Gasteiger partial charge in [-0.15, -0.1) is 0 Å².